The third-order valence-electron chi connectivity index (χ3n) is 5.47. The van der Waals surface area contributed by atoms with E-state index in [0.717, 1.165) is 56.2 Å². The largest absolute Gasteiger partial charge is 0.493 e. The zero-order valence-electron chi connectivity index (χ0n) is 16.3. The van der Waals surface area contributed by atoms with Crippen LogP contribution in [-0.2, 0) is 6.42 Å². The number of hydrogen-bond donors (Lipinski definition) is 1. The number of methoxy groups -OCH3 is 1. The van der Waals surface area contributed by atoms with Gasteiger partial charge in [0.1, 0.15) is 5.82 Å². The number of rotatable bonds is 5. The lowest BCUT2D eigenvalue weighted by atomic mass is 9.96. The number of hydrogen-bond acceptors (Lipinski definition) is 5. The first kappa shape index (κ1) is 18.6. The monoisotopic (exact) mass is 381 g/mol. The van der Waals surface area contributed by atoms with Gasteiger partial charge < -0.3 is 19.7 Å². The summed E-state index contributed by atoms with van der Waals surface area (Å²) in [6.07, 6.45) is 6.03. The molecule has 0 spiro atoms. The molecule has 2 aromatic rings. The number of aromatic nitrogens is 1. The van der Waals surface area contributed by atoms with E-state index in [9.17, 15) is 4.79 Å². The Morgan fingerprint density at radius 1 is 1.29 bits per heavy atom. The first-order valence-corrected chi connectivity index (χ1v) is 10.0. The van der Waals surface area contributed by atoms with Crippen LogP contribution in [0.4, 0.5) is 5.82 Å². The molecule has 0 aliphatic carbocycles. The van der Waals surface area contributed by atoms with Gasteiger partial charge in [-0.2, -0.15) is 0 Å². The first-order valence-electron chi connectivity index (χ1n) is 10.0. The SMILES string of the molecule is COc1cccc2c1OC[C@H](CNc1cc(C(=O)N3CCCCC3)ccn1)C2. The average Bonchev–Trinajstić information content (AvgIpc) is 2.77. The number of pyridine rings is 1. The molecule has 1 N–H and O–H groups in total. The van der Waals surface area contributed by atoms with E-state index in [1.807, 2.05) is 23.1 Å². The van der Waals surface area contributed by atoms with Gasteiger partial charge in [0, 0.05) is 37.3 Å². The molecular weight excluding hydrogens is 354 g/mol. The quantitative estimate of drug-likeness (QED) is 0.860. The van der Waals surface area contributed by atoms with E-state index in [4.69, 9.17) is 9.47 Å². The average molecular weight is 381 g/mol. The van der Waals surface area contributed by atoms with Crippen molar-refractivity contribution in [1.29, 1.82) is 0 Å². The van der Waals surface area contributed by atoms with Gasteiger partial charge in [0.25, 0.3) is 5.91 Å². The van der Waals surface area contributed by atoms with E-state index in [2.05, 4.69) is 16.4 Å². The van der Waals surface area contributed by atoms with E-state index < -0.39 is 0 Å². The molecule has 28 heavy (non-hydrogen) atoms. The summed E-state index contributed by atoms with van der Waals surface area (Å²) in [6, 6.07) is 9.66. The number of anilines is 1. The Labute approximate surface area is 165 Å². The Morgan fingerprint density at radius 2 is 2.14 bits per heavy atom. The van der Waals surface area contributed by atoms with Crippen LogP contribution in [0, 0.1) is 5.92 Å². The fourth-order valence-electron chi connectivity index (χ4n) is 3.94. The van der Waals surface area contributed by atoms with Crippen LogP contribution in [0.3, 0.4) is 0 Å². The van der Waals surface area contributed by atoms with Crippen LogP contribution in [0.2, 0.25) is 0 Å². The summed E-state index contributed by atoms with van der Waals surface area (Å²) >= 11 is 0. The summed E-state index contributed by atoms with van der Waals surface area (Å²) in [7, 11) is 1.66. The lowest BCUT2D eigenvalue weighted by molar-refractivity contribution is 0.0724. The molecule has 1 aromatic carbocycles. The highest BCUT2D eigenvalue weighted by Gasteiger charge is 2.23. The fraction of sp³-hybridized carbons (Fsp3) is 0.455. The van der Waals surface area contributed by atoms with Gasteiger partial charge in [0.2, 0.25) is 0 Å². The summed E-state index contributed by atoms with van der Waals surface area (Å²) in [4.78, 5) is 19.0. The van der Waals surface area contributed by atoms with E-state index in [0.29, 0.717) is 18.1 Å². The Morgan fingerprint density at radius 3 is 2.96 bits per heavy atom. The van der Waals surface area contributed by atoms with Gasteiger partial charge in [-0.1, -0.05) is 12.1 Å². The van der Waals surface area contributed by atoms with Crippen LogP contribution >= 0.6 is 0 Å². The van der Waals surface area contributed by atoms with E-state index in [1.165, 1.54) is 12.0 Å². The molecule has 4 rings (SSSR count). The lowest BCUT2D eigenvalue weighted by Gasteiger charge is -2.27. The number of carbonyl (C=O) groups excluding carboxylic acids is 1. The molecule has 0 saturated carbocycles. The maximum Gasteiger partial charge on any atom is 0.254 e. The second-order valence-electron chi connectivity index (χ2n) is 7.49. The predicted octanol–water partition coefficient (Wildman–Crippen LogP) is 3.38. The molecule has 1 atom stereocenters. The van der Waals surface area contributed by atoms with Crippen molar-refractivity contribution in [1.82, 2.24) is 9.88 Å². The number of carbonyl (C=O) groups is 1. The van der Waals surface area contributed by atoms with Crippen LogP contribution in [-0.4, -0.2) is 49.1 Å². The van der Waals surface area contributed by atoms with Gasteiger partial charge in [0.05, 0.1) is 13.7 Å². The zero-order chi connectivity index (χ0) is 19.3. The van der Waals surface area contributed by atoms with Crippen molar-refractivity contribution in [2.24, 2.45) is 5.92 Å². The normalized spacial score (nSPS) is 18.8. The molecule has 6 nitrogen and oxygen atoms in total. The van der Waals surface area contributed by atoms with Crippen molar-refractivity contribution in [2.45, 2.75) is 25.7 Å². The van der Waals surface area contributed by atoms with Crippen LogP contribution in [0.1, 0.15) is 35.2 Å². The number of nitrogens with zero attached hydrogens (tertiary/aromatic N) is 2. The number of fused-ring (bicyclic) bond motifs is 1. The highest BCUT2D eigenvalue weighted by molar-refractivity contribution is 5.94. The molecule has 1 fully saturated rings. The molecule has 0 unspecified atom stereocenters. The molecule has 0 bridgehead atoms. The molecule has 148 valence electrons. The summed E-state index contributed by atoms with van der Waals surface area (Å²) in [5.41, 5.74) is 1.87. The molecule has 3 heterocycles. The van der Waals surface area contributed by atoms with Crippen LogP contribution in [0.5, 0.6) is 11.5 Å². The third-order valence-corrected chi connectivity index (χ3v) is 5.47. The lowest BCUT2D eigenvalue weighted by Crippen LogP contribution is -2.35. The maximum atomic E-state index is 12.7. The molecule has 1 aromatic heterocycles. The number of ether oxygens (including phenoxy) is 2. The van der Waals surface area contributed by atoms with Crippen molar-refractivity contribution in [3.05, 3.63) is 47.7 Å². The van der Waals surface area contributed by atoms with E-state index >= 15 is 0 Å². The van der Waals surface area contributed by atoms with Crippen LogP contribution in [0.25, 0.3) is 0 Å². The minimum atomic E-state index is 0.104. The molecule has 0 radical (unpaired) electrons. The maximum absolute atomic E-state index is 12.7. The van der Waals surface area contributed by atoms with Gasteiger partial charge in [0.15, 0.2) is 11.5 Å². The molecule has 2 aliphatic rings. The van der Waals surface area contributed by atoms with Crippen molar-refractivity contribution in [3.63, 3.8) is 0 Å². The van der Waals surface area contributed by atoms with Crippen molar-refractivity contribution < 1.29 is 14.3 Å². The summed E-state index contributed by atoms with van der Waals surface area (Å²) in [5.74, 6) is 2.82. The fourth-order valence-corrected chi connectivity index (χ4v) is 3.94. The highest BCUT2D eigenvalue weighted by atomic mass is 16.5. The van der Waals surface area contributed by atoms with Gasteiger partial charge >= 0.3 is 0 Å². The van der Waals surface area contributed by atoms with Gasteiger partial charge in [-0.25, -0.2) is 4.98 Å². The van der Waals surface area contributed by atoms with Crippen LogP contribution in [0.15, 0.2) is 36.5 Å². The van der Waals surface area contributed by atoms with Gasteiger partial charge in [-0.05, 0) is 49.4 Å². The zero-order valence-corrected chi connectivity index (χ0v) is 16.3. The number of nitrogens with one attached hydrogen (secondary N) is 1. The summed E-state index contributed by atoms with van der Waals surface area (Å²) in [5, 5.41) is 3.38. The van der Waals surface area contributed by atoms with E-state index in [-0.39, 0.29) is 5.91 Å². The number of benzene rings is 1. The van der Waals surface area contributed by atoms with Crippen molar-refractivity contribution in [2.75, 3.05) is 38.7 Å². The number of amides is 1. The molecule has 6 heteroatoms. The first-order chi connectivity index (χ1) is 13.7. The summed E-state index contributed by atoms with van der Waals surface area (Å²) < 4.78 is 11.3. The highest BCUT2D eigenvalue weighted by Crippen LogP contribution is 2.36. The Hall–Kier alpha value is -2.76. The molecule has 1 amide bonds. The Balaban J connectivity index is 1.37. The molecule has 1 saturated heterocycles. The molecule has 2 aliphatic heterocycles. The third kappa shape index (κ3) is 4.06. The number of likely N-dealkylation sites (tertiary alicyclic amines) is 1. The smallest absolute Gasteiger partial charge is 0.254 e. The topological polar surface area (TPSA) is 63.7 Å². The van der Waals surface area contributed by atoms with E-state index in [1.54, 1.807) is 19.4 Å². The Kier molecular flexibility index (Phi) is 5.65. The number of para-hydroxylation sites is 1. The van der Waals surface area contributed by atoms with Crippen molar-refractivity contribution in [3.8, 4) is 11.5 Å². The van der Waals surface area contributed by atoms with Gasteiger partial charge in [-0.3, -0.25) is 4.79 Å². The minimum Gasteiger partial charge on any atom is -0.493 e. The molecular formula is C22H27N3O3. The standard InChI is InChI=1S/C22H27N3O3/c1-27-19-7-5-6-17-12-16(15-28-21(17)19)14-24-20-13-18(8-9-23-20)22(26)25-10-3-2-4-11-25/h5-9,13,16H,2-4,10-12,14-15H2,1H3,(H,23,24)/t16-/m0/s1. The Bertz CT molecular complexity index is 834. The summed E-state index contributed by atoms with van der Waals surface area (Å²) in [6.45, 7) is 3.08. The number of piperidine rings is 1. The second-order valence-corrected chi connectivity index (χ2v) is 7.49. The van der Waals surface area contributed by atoms with Crippen LogP contribution < -0.4 is 14.8 Å². The minimum absolute atomic E-state index is 0.104. The second kappa shape index (κ2) is 8.50. The van der Waals surface area contributed by atoms with Gasteiger partial charge in [-0.15, -0.1) is 0 Å². The van der Waals surface area contributed by atoms with Crippen molar-refractivity contribution >= 4 is 11.7 Å². The predicted molar refractivity (Wildman–Crippen MR) is 108 cm³/mol.